The van der Waals surface area contributed by atoms with Crippen LogP contribution < -0.4 is 10.6 Å². The minimum Gasteiger partial charge on any atom is -0.445 e. The normalized spacial score (nSPS) is 14.3. The van der Waals surface area contributed by atoms with Crippen LogP contribution in [0.5, 0.6) is 0 Å². The number of ether oxygens (including phenoxy) is 1. The van der Waals surface area contributed by atoms with Crippen molar-refractivity contribution in [1.82, 2.24) is 10.2 Å². The van der Waals surface area contributed by atoms with Gasteiger partial charge in [-0.1, -0.05) is 133 Å². The van der Waals surface area contributed by atoms with Gasteiger partial charge in [0, 0.05) is 30.6 Å². The number of fused-ring (bicyclic) bond motifs is 1. The summed E-state index contributed by atoms with van der Waals surface area (Å²) in [5.41, 5.74) is 7.97. The third-order valence-electron chi connectivity index (χ3n) is 8.50. The molecule has 2 aliphatic rings. The summed E-state index contributed by atoms with van der Waals surface area (Å²) in [6.07, 6.45) is -0.432. The van der Waals surface area contributed by atoms with Gasteiger partial charge in [-0.05, 0) is 39.4 Å². The summed E-state index contributed by atoms with van der Waals surface area (Å²) in [6.45, 7) is 3.05. The summed E-state index contributed by atoms with van der Waals surface area (Å²) in [5.74, 6) is 0.904. The number of nitrogens with zero attached hydrogens (tertiary/aromatic N) is 2. The van der Waals surface area contributed by atoms with Crippen LogP contribution in [-0.2, 0) is 29.2 Å². The molecule has 0 unspecified atom stereocenters. The minimum atomic E-state index is -0.432. The lowest BCUT2D eigenvalue weighted by Gasteiger charge is -2.46. The van der Waals surface area contributed by atoms with E-state index in [1.165, 1.54) is 16.7 Å². The van der Waals surface area contributed by atoms with Gasteiger partial charge in [0.15, 0.2) is 5.96 Å². The Morgan fingerprint density at radius 1 is 0.783 bits per heavy atom. The van der Waals surface area contributed by atoms with Gasteiger partial charge in [-0.15, -0.1) is 11.8 Å². The van der Waals surface area contributed by atoms with E-state index < -0.39 is 6.09 Å². The molecule has 7 heteroatoms. The predicted molar refractivity (Wildman–Crippen MR) is 187 cm³/mol. The van der Waals surface area contributed by atoms with E-state index in [9.17, 15) is 4.79 Å². The number of guanidine groups is 1. The maximum absolute atomic E-state index is 12.3. The molecule has 5 aromatic carbocycles. The number of alkyl carbamates (subject to hydrolysis) is 1. The van der Waals surface area contributed by atoms with Gasteiger partial charge in [0.05, 0.1) is 11.3 Å². The van der Waals surface area contributed by atoms with Crippen molar-refractivity contribution < 1.29 is 9.53 Å². The topological polar surface area (TPSA) is 66.0 Å². The molecule has 2 aliphatic heterocycles. The molecular formula is C39H36N4O2S. The van der Waals surface area contributed by atoms with Crippen molar-refractivity contribution >= 4 is 29.5 Å². The van der Waals surface area contributed by atoms with Crippen molar-refractivity contribution in [2.75, 3.05) is 18.4 Å². The van der Waals surface area contributed by atoms with Crippen LogP contribution in [0.15, 0.2) is 145 Å². The maximum Gasteiger partial charge on any atom is 0.407 e. The highest BCUT2D eigenvalue weighted by atomic mass is 32.2. The maximum atomic E-state index is 12.3. The first-order valence-corrected chi connectivity index (χ1v) is 16.5. The monoisotopic (exact) mass is 624 g/mol. The second kappa shape index (κ2) is 13.5. The van der Waals surface area contributed by atoms with E-state index in [1.54, 1.807) is 0 Å². The Morgan fingerprint density at radius 2 is 1.35 bits per heavy atom. The van der Waals surface area contributed by atoms with Gasteiger partial charge >= 0.3 is 6.09 Å². The zero-order valence-electron chi connectivity index (χ0n) is 25.5. The Balaban J connectivity index is 1.01. The zero-order chi connectivity index (χ0) is 31.2. The summed E-state index contributed by atoms with van der Waals surface area (Å²) in [5, 5.41) is 6.85. The zero-order valence-corrected chi connectivity index (χ0v) is 26.3. The summed E-state index contributed by atoms with van der Waals surface area (Å²) >= 11 is 2.03. The SMILES string of the molecule is O=C(NCc1ccc2c(c1)NC(N1CC(SC(c3ccccc3)(c3ccccc3)c3ccccc3)C1)=NC2)OCc1ccccc1. The van der Waals surface area contributed by atoms with E-state index in [2.05, 4.69) is 119 Å². The molecule has 0 spiro atoms. The van der Waals surface area contributed by atoms with Gasteiger partial charge in [-0.3, -0.25) is 0 Å². The highest BCUT2D eigenvalue weighted by molar-refractivity contribution is 8.01. The fourth-order valence-electron chi connectivity index (χ4n) is 6.09. The van der Waals surface area contributed by atoms with Crippen molar-refractivity contribution in [3.05, 3.63) is 173 Å². The number of nitrogens with one attached hydrogen (secondary N) is 2. The molecule has 0 bridgehead atoms. The van der Waals surface area contributed by atoms with E-state index in [0.717, 1.165) is 41.4 Å². The second-order valence-electron chi connectivity index (χ2n) is 11.6. The van der Waals surface area contributed by atoms with Crippen LogP contribution >= 0.6 is 11.8 Å². The molecule has 2 N–H and O–H groups in total. The van der Waals surface area contributed by atoms with Crippen LogP contribution in [0, 0.1) is 0 Å². The van der Waals surface area contributed by atoms with Crippen LogP contribution in [-0.4, -0.2) is 35.3 Å². The Kier molecular flexibility index (Phi) is 8.74. The number of hydrogen-bond donors (Lipinski definition) is 2. The van der Waals surface area contributed by atoms with E-state index in [0.29, 0.717) is 18.3 Å². The fourth-order valence-corrected chi connectivity index (χ4v) is 7.92. The highest BCUT2D eigenvalue weighted by Crippen LogP contribution is 2.51. The van der Waals surface area contributed by atoms with Crippen molar-refractivity contribution in [3.8, 4) is 0 Å². The minimum absolute atomic E-state index is 0.247. The van der Waals surface area contributed by atoms with Gasteiger partial charge in [-0.25, -0.2) is 9.79 Å². The van der Waals surface area contributed by atoms with Gasteiger partial charge in [0.25, 0.3) is 0 Å². The lowest BCUT2D eigenvalue weighted by atomic mass is 9.84. The first-order valence-electron chi connectivity index (χ1n) is 15.6. The number of rotatable bonds is 9. The molecule has 1 saturated heterocycles. The van der Waals surface area contributed by atoms with Gasteiger partial charge in [0.1, 0.15) is 6.61 Å². The van der Waals surface area contributed by atoms with Crippen molar-refractivity contribution in [1.29, 1.82) is 0 Å². The van der Waals surface area contributed by atoms with Crippen molar-refractivity contribution in [2.24, 2.45) is 4.99 Å². The van der Waals surface area contributed by atoms with Crippen LogP contribution in [0.4, 0.5) is 10.5 Å². The fraction of sp³-hybridized carbons (Fsp3) is 0.179. The van der Waals surface area contributed by atoms with Crippen LogP contribution in [0.2, 0.25) is 0 Å². The quantitative estimate of drug-likeness (QED) is 0.164. The largest absolute Gasteiger partial charge is 0.445 e. The van der Waals surface area contributed by atoms with E-state index in [1.807, 2.05) is 48.2 Å². The smallest absolute Gasteiger partial charge is 0.407 e. The third-order valence-corrected chi connectivity index (χ3v) is 10.2. The second-order valence-corrected chi connectivity index (χ2v) is 13.1. The summed E-state index contributed by atoms with van der Waals surface area (Å²) in [6, 6.07) is 48.5. The molecule has 0 radical (unpaired) electrons. The van der Waals surface area contributed by atoms with Gasteiger partial charge in [0.2, 0.25) is 0 Å². The molecule has 0 atom stereocenters. The molecule has 46 heavy (non-hydrogen) atoms. The third kappa shape index (κ3) is 6.37. The number of anilines is 1. The number of thioether (sulfide) groups is 1. The molecule has 2 heterocycles. The standard InChI is InChI=1S/C39H36N4O2S/c44-38(45-28-29-13-5-1-6-14-29)41-24-30-21-22-31-25-40-37(42-36(31)23-30)43-26-35(27-43)46-39(32-15-7-2-8-16-32,33-17-9-3-10-18-33)34-19-11-4-12-20-34/h1-23,35H,24-28H2,(H,40,42)(H,41,44). The summed E-state index contributed by atoms with van der Waals surface area (Å²) in [7, 11) is 0. The van der Waals surface area contributed by atoms with E-state index >= 15 is 0 Å². The molecule has 0 aliphatic carbocycles. The van der Waals surface area contributed by atoms with Crippen molar-refractivity contribution in [3.63, 3.8) is 0 Å². The van der Waals surface area contributed by atoms with Crippen molar-refractivity contribution in [2.45, 2.75) is 29.7 Å². The Labute approximate surface area is 274 Å². The van der Waals surface area contributed by atoms with Crippen LogP contribution in [0.1, 0.15) is 33.4 Å². The summed E-state index contributed by atoms with van der Waals surface area (Å²) < 4.78 is 5.03. The van der Waals surface area contributed by atoms with Crippen LogP contribution in [0.25, 0.3) is 0 Å². The molecule has 6 nitrogen and oxygen atoms in total. The molecule has 0 aromatic heterocycles. The van der Waals surface area contributed by atoms with E-state index in [4.69, 9.17) is 9.73 Å². The number of carbonyl (C=O) groups is 1. The Morgan fingerprint density at radius 3 is 1.93 bits per heavy atom. The molecule has 7 rings (SSSR count). The number of hydrogen-bond acceptors (Lipinski definition) is 6. The average Bonchev–Trinajstić information content (AvgIpc) is 3.11. The molecular weight excluding hydrogens is 589 g/mol. The summed E-state index contributed by atoms with van der Waals surface area (Å²) in [4.78, 5) is 19.5. The molecule has 230 valence electrons. The number of carbonyl (C=O) groups excluding carboxylic acids is 1. The lowest BCUT2D eigenvalue weighted by molar-refractivity contribution is 0.139. The highest BCUT2D eigenvalue weighted by Gasteiger charge is 2.43. The van der Waals surface area contributed by atoms with Gasteiger partial charge in [-0.2, -0.15) is 0 Å². The average molecular weight is 625 g/mol. The lowest BCUT2D eigenvalue weighted by Crippen LogP contribution is -2.56. The molecule has 1 amide bonds. The number of likely N-dealkylation sites (tertiary alicyclic amines) is 1. The Hall–Kier alpha value is -5.01. The number of benzene rings is 5. The molecule has 0 saturated carbocycles. The first-order chi connectivity index (χ1) is 22.7. The molecule has 1 fully saturated rings. The Bertz CT molecular complexity index is 1700. The number of amides is 1. The predicted octanol–water partition coefficient (Wildman–Crippen LogP) is 7.80. The van der Waals surface area contributed by atoms with E-state index in [-0.39, 0.29) is 11.4 Å². The number of aliphatic imine (C=N–C) groups is 1. The molecule has 5 aromatic rings. The first kappa shape index (κ1) is 29.7. The van der Waals surface area contributed by atoms with Gasteiger partial charge < -0.3 is 20.3 Å². The van der Waals surface area contributed by atoms with Crippen LogP contribution in [0.3, 0.4) is 0 Å².